The van der Waals surface area contributed by atoms with E-state index in [1.165, 1.54) is 9.80 Å². The Bertz CT molecular complexity index is 977. The van der Waals surface area contributed by atoms with Crippen molar-refractivity contribution in [3.8, 4) is 0 Å². The number of fused-ring (bicyclic) bond motifs is 2. The Morgan fingerprint density at radius 3 is 1.45 bits per heavy atom. The number of nitrogens with zero attached hydrogens (tertiary/aromatic N) is 2. The van der Waals surface area contributed by atoms with Gasteiger partial charge < -0.3 is 5.32 Å². The normalized spacial score (nSPS) is 15.4. The smallest absolute Gasteiger partial charge is 0.261 e. The van der Waals surface area contributed by atoms with E-state index >= 15 is 0 Å². The number of rotatable bonds is 6. The van der Waals surface area contributed by atoms with Crippen LogP contribution in [0, 0.1) is 13.8 Å². The predicted octanol–water partition coefficient (Wildman–Crippen LogP) is 1.79. The Labute approximate surface area is 168 Å². The van der Waals surface area contributed by atoms with Gasteiger partial charge in [-0.25, -0.2) is 0 Å². The molecule has 148 valence electrons. The van der Waals surface area contributed by atoms with Crippen LogP contribution in [0.1, 0.15) is 52.6 Å². The van der Waals surface area contributed by atoms with Gasteiger partial charge in [-0.15, -0.1) is 0 Å². The molecule has 0 atom stereocenters. The molecule has 7 nitrogen and oxygen atoms in total. The summed E-state index contributed by atoms with van der Waals surface area (Å²) in [5.41, 5.74) is 3.40. The largest absolute Gasteiger partial charge is 0.313 e. The fourth-order valence-corrected chi connectivity index (χ4v) is 3.92. The Hall–Kier alpha value is -3.32. The van der Waals surface area contributed by atoms with Crippen LogP contribution in [-0.4, -0.2) is 59.6 Å². The standard InChI is InChI=1S/C22H21N3O4/c1-13-5-3-7-15-17(13)21(28)24(19(15)26)11-9-23-10-12-25-20(27)16-8-4-6-14(2)18(16)22(25)29/h3-8,23H,9-12H2,1-2H3. The van der Waals surface area contributed by atoms with E-state index in [0.29, 0.717) is 35.3 Å². The highest BCUT2D eigenvalue weighted by Gasteiger charge is 2.37. The van der Waals surface area contributed by atoms with Gasteiger partial charge >= 0.3 is 0 Å². The zero-order valence-electron chi connectivity index (χ0n) is 16.3. The lowest BCUT2D eigenvalue weighted by molar-refractivity contribution is 0.0650. The van der Waals surface area contributed by atoms with Crippen LogP contribution in [0.15, 0.2) is 36.4 Å². The minimum absolute atomic E-state index is 0.229. The zero-order valence-corrected chi connectivity index (χ0v) is 16.3. The quantitative estimate of drug-likeness (QED) is 0.599. The summed E-state index contributed by atoms with van der Waals surface area (Å²) in [6, 6.07) is 10.5. The van der Waals surface area contributed by atoms with Crippen molar-refractivity contribution in [2.75, 3.05) is 26.2 Å². The lowest BCUT2D eigenvalue weighted by Gasteiger charge is -2.16. The van der Waals surface area contributed by atoms with Gasteiger partial charge in [0.25, 0.3) is 23.6 Å². The summed E-state index contributed by atoms with van der Waals surface area (Å²) in [7, 11) is 0. The average Bonchev–Trinajstić information content (AvgIpc) is 3.09. The van der Waals surface area contributed by atoms with Crippen LogP contribution in [-0.2, 0) is 0 Å². The van der Waals surface area contributed by atoms with Crippen molar-refractivity contribution >= 4 is 23.6 Å². The third-order valence-electron chi connectivity index (χ3n) is 5.44. The van der Waals surface area contributed by atoms with E-state index in [1.54, 1.807) is 24.3 Å². The second-order valence-corrected chi connectivity index (χ2v) is 7.27. The average molecular weight is 391 g/mol. The molecule has 0 saturated carbocycles. The van der Waals surface area contributed by atoms with E-state index in [1.807, 2.05) is 26.0 Å². The fraction of sp³-hybridized carbons (Fsp3) is 0.273. The first-order chi connectivity index (χ1) is 13.9. The van der Waals surface area contributed by atoms with Gasteiger partial charge in [0.2, 0.25) is 0 Å². The minimum Gasteiger partial charge on any atom is -0.313 e. The molecule has 0 fully saturated rings. The number of amides is 4. The summed E-state index contributed by atoms with van der Waals surface area (Å²) >= 11 is 0. The molecule has 2 aromatic rings. The van der Waals surface area contributed by atoms with Gasteiger partial charge in [0.05, 0.1) is 22.3 Å². The lowest BCUT2D eigenvalue weighted by atomic mass is 10.0. The molecule has 2 heterocycles. The van der Waals surface area contributed by atoms with Crippen LogP contribution in [0.3, 0.4) is 0 Å². The first-order valence-corrected chi connectivity index (χ1v) is 9.54. The van der Waals surface area contributed by atoms with Gasteiger partial charge in [-0.1, -0.05) is 24.3 Å². The topological polar surface area (TPSA) is 86.8 Å². The molecular formula is C22H21N3O4. The SMILES string of the molecule is Cc1cccc2c1C(=O)N(CCNCCN1C(=O)c3cccc(C)c3C1=O)C2=O. The number of carbonyl (C=O) groups is 4. The van der Waals surface area contributed by atoms with Crippen molar-refractivity contribution in [2.45, 2.75) is 13.8 Å². The van der Waals surface area contributed by atoms with Gasteiger partial charge in [-0.2, -0.15) is 0 Å². The van der Waals surface area contributed by atoms with Crippen LogP contribution in [0.4, 0.5) is 0 Å². The first-order valence-electron chi connectivity index (χ1n) is 9.54. The van der Waals surface area contributed by atoms with Crippen molar-refractivity contribution in [2.24, 2.45) is 0 Å². The van der Waals surface area contributed by atoms with Crippen molar-refractivity contribution in [1.29, 1.82) is 0 Å². The summed E-state index contributed by atoms with van der Waals surface area (Å²) in [4.78, 5) is 52.4. The van der Waals surface area contributed by atoms with Crippen molar-refractivity contribution in [1.82, 2.24) is 15.1 Å². The Kier molecular flexibility index (Phi) is 4.76. The third kappa shape index (κ3) is 3.03. The third-order valence-corrected chi connectivity index (χ3v) is 5.44. The number of nitrogens with one attached hydrogen (secondary N) is 1. The Balaban J connectivity index is 1.31. The second kappa shape index (κ2) is 7.25. The molecule has 0 saturated heterocycles. The molecule has 0 bridgehead atoms. The van der Waals surface area contributed by atoms with Crippen LogP contribution in [0.5, 0.6) is 0 Å². The molecule has 4 amide bonds. The van der Waals surface area contributed by atoms with Gasteiger partial charge in [0, 0.05) is 26.2 Å². The van der Waals surface area contributed by atoms with Gasteiger partial charge in [-0.05, 0) is 37.1 Å². The van der Waals surface area contributed by atoms with E-state index in [0.717, 1.165) is 11.1 Å². The fourth-order valence-electron chi connectivity index (χ4n) is 3.92. The molecule has 4 rings (SSSR count). The lowest BCUT2D eigenvalue weighted by Crippen LogP contribution is -2.40. The van der Waals surface area contributed by atoms with Crippen molar-refractivity contribution < 1.29 is 19.2 Å². The molecule has 0 radical (unpaired) electrons. The molecule has 7 heteroatoms. The Morgan fingerprint density at radius 1 is 0.655 bits per heavy atom. The number of carbonyl (C=O) groups excluding carboxylic acids is 4. The van der Waals surface area contributed by atoms with Crippen LogP contribution in [0.2, 0.25) is 0 Å². The van der Waals surface area contributed by atoms with E-state index in [4.69, 9.17) is 0 Å². The van der Waals surface area contributed by atoms with E-state index < -0.39 is 0 Å². The summed E-state index contributed by atoms with van der Waals surface area (Å²) < 4.78 is 0. The van der Waals surface area contributed by atoms with Crippen molar-refractivity contribution in [3.63, 3.8) is 0 Å². The highest BCUT2D eigenvalue weighted by molar-refractivity contribution is 6.22. The maximum Gasteiger partial charge on any atom is 0.261 e. The number of hydrogen-bond donors (Lipinski definition) is 1. The monoisotopic (exact) mass is 391 g/mol. The maximum absolute atomic E-state index is 12.5. The molecule has 1 N–H and O–H groups in total. The van der Waals surface area contributed by atoms with E-state index in [2.05, 4.69) is 5.32 Å². The predicted molar refractivity (Wildman–Crippen MR) is 106 cm³/mol. The molecule has 29 heavy (non-hydrogen) atoms. The van der Waals surface area contributed by atoms with E-state index in [-0.39, 0.29) is 36.7 Å². The number of hydrogen-bond acceptors (Lipinski definition) is 5. The molecular weight excluding hydrogens is 370 g/mol. The zero-order chi connectivity index (χ0) is 20.7. The second-order valence-electron chi connectivity index (χ2n) is 7.27. The number of benzene rings is 2. The molecule has 0 aliphatic carbocycles. The summed E-state index contributed by atoms with van der Waals surface area (Å²) in [6.45, 7) is 4.85. The summed E-state index contributed by atoms with van der Waals surface area (Å²) in [6.07, 6.45) is 0. The summed E-state index contributed by atoms with van der Waals surface area (Å²) in [5.74, 6) is -1.13. The van der Waals surface area contributed by atoms with Crippen LogP contribution in [0.25, 0.3) is 0 Å². The van der Waals surface area contributed by atoms with Gasteiger partial charge in [0.1, 0.15) is 0 Å². The molecule has 0 spiro atoms. The van der Waals surface area contributed by atoms with Gasteiger partial charge in [0.15, 0.2) is 0 Å². The molecule has 0 unspecified atom stereocenters. The Morgan fingerprint density at radius 2 is 1.07 bits per heavy atom. The molecule has 2 aliphatic rings. The number of aryl methyl sites for hydroxylation is 2. The van der Waals surface area contributed by atoms with Crippen LogP contribution >= 0.6 is 0 Å². The first kappa shape index (κ1) is 19.0. The number of imide groups is 2. The highest BCUT2D eigenvalue weighted by atomic mass is 16.2. The maximum atomic E-state index is 12.5. The van der Waals surface area contributed by atoms with Crippen LogP contribution < -0.4 is 5.32 Å². The molecule has 2 aliphatic heterocycles. The van der Waals surface area contributed by atoms with Crippen molar-refractivity contribution in [3.05, 3.63) is 69.8 Å². The van der Waals surface area contributed by atoms with Gasteiger partial charge in [-0.3, -0.25) is 29.0 Å². The molecule has 0 aromatic heterocycles. The summed E-state index contributed by atoms with van der Waals surface area (Å²) in [5, 5.41) is 3.11. The molecule has 2 aromatic carbocycles. The van der Waals surface area contributed by atoms with E-state index in [9.17, 15) is 19.2 Å². The highest BCUT2D eigenvalue weighted by Crippen LogP contribution is 2.26. The minimum atomic E-state index is -0.286.